The Bertz CT molecular complexity index is 1120. The van der Waals surface area contributed by atoms with Gasteiger partial charge >= 0.3 is 5.97 Å². The summed E-state index contributed by atoms with van der Waals surface area (Å²) in [5, 5.41) is 5.01. The van der Waals surface area contributed by atoms with E-state index in [9.17, 15) is 14.4 Å². The van der Waals surface area contributed by atoms with E-state index in [-0.39, 0.29) is 24.5 Å². The van der Waals surface area contributed by atoms with Crippen molar-refractivity contribution in [1.29, 1.82) is 0 Å². The van der Waals surface area contributed by atoms with Crippen LogP contribution >= 0.6 is 11.3 Å². The lowest BCUT2D eigenvalue weighted by molar-refractivity contribution is -0.144. The lowest BCUT2D eigenvalue weighted by Crippen LogP contribution is -2.23. The predicted octanol–water partition coefficient (Wildman–Crippen LogP) is 2.13. The van der Waals surface area contributed by atoms with Crippen LogP contribution in [0.4, 0.5) is 5.69 Å². The lowest BCUT2D eigenvalue weighted by Gasteiger charge is -2.15. The smallest absolute Gasteiger partial charge is 0.310 e. The fraction of sp³-hybridized carbons (Fsp3) is 0.350. The Morgan fingerprint density at radius 3 is 2.72 bits per heavy atom. The average Bonchev–Trinajstić information content (AvgIpc) is 3.33. The van der Waals surface area contributed by atoms with Gasteiger partial charge in [-0.25, -0.2) is 4.98 Å². The fourth-order valence-corrected chi connectivity index (χ4v) is 4.06. The third-order valence-electron chi connectivity index (χ3n) is 4.69. The largest absolute Gasteiger partial charge is 0.459 e. The van der Waals surface area contributed by atoms with Gasteiger partial charge in [-0.3, -0.25) is 14.4 Å². The molecule has 8 nitrogen and oxygen atoms in total. The van der Waals surface area contributed by atoms with Crippen molar-refractivity contribution in [1.82, 2.24) is 14.6 Å². The number of carbonyl (C=O) groups excluding carboxylic acids is 2. The first-order chi connectivity index (χ1) is 14.0. The lowest BCUT2D eigenvalue weighted by atomic mass is 10.1. The van der Waals surface area contributed by atoms with E-state index in [0.29, 0.717) is 17.1 Å². The van der Waals surface area contributed by atoms with Crippen molar-refractivity contribution in [3.63, 3.8) is 0 Å². The molecule has 2 aromatic heterocycles. The average molecular weight is 412 g/mol. The van der Waals surface area contributed by atoms with Gasteiger partial charge in [-0.15, -0.1) is 0 Å². The van der Waals surface area contributed by atoms with E-state index in [1.54, 1.807) is 4.90 Å². The van der Waals surface area contributed by atoms with Crippen LogP contribution in [-0.2, 0) is 33.8 Å². The van der Waals surface area contributed by atoms with Gasteiger partial charge in [0.1, 0.15) is 11.6 Å². The molecule has 4 rings (SSSR count). The van der Waals surface area contributed by atoms with Crippen molar-refractivity contribution in [2.45, 2.75) is 39.2 Å². The van der Waals surface area contributed by atoms with Crippen LogP contribution in [0.1, 0.15) is 36.0 Å². The number of hydrogen-bond acceptors (Lipinski definition) is 7. The molecule has 1 aliphatic rings. The number of rotatable bonds is 6. The third kappa shape index (κ3) is 4.19. The quantitative estimate of drug-likeness (QED) is 0.576. The molecule has 0 unspecified atom stereocenters. The van der Waals surface area contributed by atoms with Gasteiger partial charge in [0, 0.05) is 24.7 Å². The predicted molar refractivity (Wildman–Crippen MR) is 108 cm³/mol. The summed E-state index contributed by atoms with van der Waals surface area (Å²) in [6.45, 7) is 2.63. The molecular weight excluding hydrogens is 392 g/mol. The number of carbonyl (C=O) groups is 2. The van der Waals surface area contributed by atoms with E-state index in [0.717, 1.165) is 35.6 Å². The minimum atomic E-state index is -0.407. The zero-order valence-corrected chi connectivity index (χ0v) is 16.8. The molecule has 0 atom stereocenters. The summed E-state index contributed by atoms with van der Waals surface area (Å²) in [5.74, 6) is -0.278. The normalized spacial score (nSPS) is 14.0. The highest BCUT2D eigenvalue weighted by Crippen LogP contribution is 2.21. The molecule has 150 valence electrons. The first-order valence-electron chi connectivity index (χ1n) is 9.47. The maximum Gasteiger partial charge on any atom is 0.310 e. The highest BCUT2D eigenvalue weighted by atomic mass is 32.1. The van der Waals surface area contributed by atoms with Crippen molar-refractivity contribution in [3.05, 3.63) is 57.0 Å². The SMILES string of the molecule is CCc1nn2c(=O)cc(COC(=O)Cc3ccc(N4CCCC4=O)cc3)nc2s1. The number of aromatic nitrogens is 3. The van der Waals surface area contributed by atoms with E-state index in [4.69, 9.17) is 4.74 Å². The maximum absolute atomic E-state index is 12.2. The number of fused-ring (bicyclic) bond motifs is 1. The first kappa shape index (κ1) is 19.3. The second-order valence-corrected chi connectivity index (χ2v) is 7.82. The molecule has 0 saturated carbocycles. The van der Waals surface area contributed by atoms with Crippen LogP contribution in [0.15, 0.2) is 35.1 Å². The second kappa shape index (κ2) is 8.12. The van der Waals surface area contributed by atoms with Gasteiger partial charge in [-0.2, -0.15) is 9.61 Å². The number of hydrogen-bond donors (Lipinski definition) is 0. The molecule has 0 spiro atoms. The number of nitrogens with zero attached hydrogens (tertiary/aromatic N) is 4. The summed E-state index contributed by atoms with van der Waals surface area (Å²) >= 11 is 1.35. The Labute approximate surface area is 170 Å². The highest BCUT2D eigenvalue weighted by Gasteiger charge is 2.21. The van der Waals surface area contributed by atoms with Gasteiger partial charge < -0.3 is 9.64 Å². The summed E-state index contributed by atoms with van der Waals surface area (Å²) in [7, 11) is 0. The minimum Gasteiger partial charge on any atom is -0.459 e. The van der Waals surface area contributed by atoms with Crippen molar-refractivity contribution in [3.8, 4) is 0 Å². The monoisotopic (exact) mass is 412 g/mol. The van der Waals surface area contributed by atoms with Gasteiger partial charge in [0.15, 0.2) is 0 Å². The zero-order valence-electron chi connectivity index (χ0n) is 16.0. The summed E-state index contributed by atoms with van der Waals surface area (Å²) < 4.78 is 6.55. The van der Waals surface area contributed by atoms with Crippen LogP contribution in [0.2, 0.25) is 0 Å². The molecule has 0 N–H and O–H groups in total. The van der Waals surface area contributed by atoms with Gasteiger partial charge in [0.25, 0.3) is 5.56 Å². The van der Waals surface area contributed by atoms with E-state index in [2.05, 4.69) is 10.1 Å². The van der Waals surface area contributed by atoms with Gasteiger partial charge in [0.05, 0.1) is 12.1 Å². The number of aryl methyl sites for hydroxylation is 1. The molecule has 29 heavy (non-hydrogen) atoms. The van der Waals surface area contributed by atoms with E-state index >= 15 is 0 Å². The molecule has 0 bridgehead atoms. The second-order valence-electron chi connectivity index (χ2n) is 6.78. The van der Waals surface area contributed by atoms with E-state index < -0.39 is 5.97 Å². The first-order valence-corrected chi connectivity index (χ1v) is 10.3. The summed E-state index contributed by atoms with van der Waals surface area (Å²) in [4.78, 5) is 42.7. The zero-order chi connectivity index (χ0) is 20.4. The Hall–Kier alpha value is -3.07. The summed E-state index contributed by atoms with van der Waals surface area (Å²) in [6, 6.07) is 8.67. The topological polar surface area (TPSA) is 93.9 Å². The van der Waals surface area contributed by atoms with Crippen molar-refractivity contribution < 1.29 is 14.3 Å². The molecule has 1 aromatic carbocycles. The Kier molecular flexibility index (Phi) is 5.39. The Morgan fingerprint density at radius 1 is 1.24 bits per heavy atom. The molecule has 1 amide bonds. The third-order valence-corrected chi connectivity index (χ3v) is 5.75. The van der Waals surface area contributed by atoms with Gasteiger partial charge in [-0.05, 0) is 30.5 Å². The van der Waals surface area contributed by atoms with Crippen LogP contribution < -0.4 is 10.5 Å². The number of esters is 1. The standard InChI is InChI=1S/C20H20N4O4S/c1-2-16-22-24-18(26)11-14(21-20(24)29-16)12-28-19(27)10-13-5-7-15(8-6-13)23-9-3-4-17(23)25/h5-8,11H,2-4,9-10,12H2,1H3. The van der Waals surface area contributed by atoms with E-state index in [1.807, 2.05) is 31.2 Å². The number of benzene rings is 1. The molecule has 1 saturated heterocycles. The van der Waals surface area contributed by atoms with Crippen LogP contribution in [0.25, 0.3) is 4.96 Å². The number of anilines is 1. The minimum absolute atomic E-state index is 0.0652. The molecule has 3 aromatic rings. The van der Waals surface area contributed by atoms with Crippen molar-refractivity contribution in [2.75, 3.05) is 11.4 Å². The molecule has 9 heteroatoms. The summed E-state index contributed by atoms with van der Waals surface area (Å²) in [5.41, 5.74) is 1.75. The summed E-state index contributed by atoms with van der Waals surface area (Å²) in [6.07, 6.45) is 2.29. The van der Waals surface area contributed by atoms with Crippen LogP contribution in [-0.4, -0.2) is 33.0 Å². The van der Waals surface area contributed by atoms with Gasteiger partial charge in [-0.1, -0.05) is 30.4 Å². The molecule has 0 radical (unpaired) electrons. The fourth-order valence-electron chi connectivity index (χ4n) is 3.20. The molecule has 1 fully saturated rings. The maximum atomic E-state index is 12.2. The molecular formula is C20H20N4O4S. The van der Waals surface area contributed by atoms with Gasteiger partial charge in [0.2, 0.25) is 10.9 Å². The molecule has 3 heterocycles. The van der Waals surface area contributed by atoms with Crippen LogP contribution in [0.3, 0.4) is 0 Å². The van der Waals surface area contributed by atoms with E-state index in [1.165, 1.54) is 21.9 Å². The van der Waals surface area contributed by atoms with Crippen LogP contribution in [0, 0.1) is 0 Å². The van der Waals surface area contributed by atoms with Crippen LogP contribution in [0.5, 0.6) is 0 Å². The molecule has 0 aliphatic carbocycles. The number of ether oxygens (including phenoxy) is 1. The van der Waals surface area contributed by atoms with Crippen molar-refractivity contribution >= 4 is 33.9 Å². The highest BCUT2D eigenvalue weighted by molar-refractivity contribution is 7.16. The van der Waals surface area contributed by atoms with Crippen molar-refractivity contribution in [2.24, 2.45) is 0 Å². The Morgan fingerprint density at radius 2 is 2.03 bits per heavy atom. The number of amides is 1. The Balaban J connectivity index is 1.37. The molecule has 1 aliphatic heterocycles.